The van der Waals surface area contributed by atoms with Gasteiger partial charge >= 0.3 is 0 Å². The summed E-state index contributed by atoms with van der Waals surface area (Å²) < 4.78 is 11.3. The van der Waals surface area contributed by atoms with Gasteiger partial charge in [0, 0.05) is 6.08 Å². The van der Waals surface area contributed by atoms with Crippen LogP contribution in [0.4, 0.5) is 0 Å². The number of benzene rings is 1. The number of rotatable bonds is 5. The van der Waals surface area contributed by atoms with Crippen LogP contribution in [-0.2, 0) is 0 Å². The van der Waals surface area contributed by atoms with Gasteiger partial charge in [-0.25, -0.2) is 0 Å². The number of nitrogens with zero attached hydrogens (tertiary/aromatic N) is 1. The van der Waals surface area contributed by atoms with Gasteiger partial charge in [0.25, 0.3) is 0 Å². The van der Waals surface area contributed by atoms with Crippen LogP contribution >= 0.6 is 15.9 Å². The van der Waals surface area contributed by atoms with Crippen LogP contribution in [-0.4, -0.2) is 18.6 Å². The van der Waals surface area contributed by atoms with Crippen LogP contribution in [0.2, 0.25) is 0 Å². The third kappa shape index (κ3) is 3.74. The highest BCUT2D eigenvalue weighted by molar-refractivity contribution is 9.10. The van der Waals surface area contributed by atoms with Crippen molar-refractivity contribution in [3.8, 4) is 11.5 Å². The van der Waals surface area contributed by atoms with Crippen LogP contribution in [0, 0.1) is 10.1 Å². The molecule has 0 aliphatic heterocycles. The number of hydrogen-bond donors (Lipinski definition) is 0. The summed E-state index contributed by atoms with van der Waals surface area (Å²) in [6.07, 6.45) is 2.27. The van der Waals surface area contributed by atoms with Crippen molar-refractivity contribution in [2.75, 3.05) is 13.7 Å². The van der Waals surface area contributed by atoms with Crippen LogP contribution < -0.4 is 9.47 Å². The molecule has 0 amide bonds. The molecule has 6 heteroatoms. The minimum Gasteiger partial charge on any atom is -0.492 e. The number of hydrogen-bond acceptors (Lipinski definition) is 4. The first-order valence-corrected chi connectivity index (χ1v) is 5.69. The number of halogens is 1. The average Bonchev–Trinajstić information content (AvgIpc) is 2.26. The van der Waals surface area contributed by atoms with Crippen LogP contribution in [0.3, 0.4) is 0 Å². The Labute approximate surface area is 107 Å². The SMILES string of the molecule is CCOc1cc(C=C[N+](=O)[O-])cc(Br)c1OC. The molecule has 5 nitrogen and oxygen atoms in total. The van der Waals surface area contributed by atoms with Crippen LogP contribution in [0.15, 0.2) is 22.8 Å². The molecule has 0 aliphatic rings. The lowest BCUT2D eigenvalue weighted by molar-refractivity contribution is -0.400. The van der Waals surface area contributed by atoms with Crippen LogP contribution in [0.1, 0.15) is 12.5 Å². The highest BCUT2D eigenvalue weighted by Gasteiger charge is 2.10. The minimum atomic E-state index is -0.515. The first-order chi connectivity index (χ1) is 8.08. The Kier molecular flexibility index (Phi) is 4.96. The molecule has 1 aromatic rings. The first kappa shape index (κ1) is 13.5. The van der Waals surface area contributed by atoms with E-state index in [9.17, 15) is 10.1 Å². The number of methoxy groups -OCH3 is 1. The Balaban J connectivity index is 3.14. The van der Waals surface area contributed by atoms with Crippen molar-refractivity contribution in [1.29, 1.82) is 0 Å². The van der Waals surface area contributed by atoms with Gasteiger partial charge in [-0.05, 0) is 40.5 Å². The highest BCUT2D eigenvalue weighted by atomic mass is 79.9. The minimum absolute atomic E-state index is 0.491. The number of ether oxygens (including phenoxy) is 2. The van der Waals surface area contributed by atoms with Gasteiger partial charge in [-0.2, -0.15) is 0 Å². The van der Waals surface area contributed by atoms with Crippen molar-refractivity contribution in [2.45, 2.75) is 6.92 Å². The second kappa shape index (κ2) is 6.24. The van der Waals surface area contributed by atoms with Gasteiger partial charge in [0.2, 0.25) is 6.20 Å². The Morgan fingerprint density at radius 3 is 2.76 bits per heavy atom. The van der Waals surface area contributed by atoms with E-state index in [2.05, 4.69) is 15.9 Å². The van der Waals surface area contributed by atoms with E-state index >= 15 is 0 Å². The van der Waals surface area contributed by atoms with E-state index in [1.54, 1.807) is 12.1 Å². The molecule has 1 rings (SSSR count). The molecule has 0 aliphatic carbocycles. The van der Waals surface area contributed by atoms with Crippen molar-refractivity contribution < 1.29 is 14.4 Å². The van der Waals surface area contributed by atoms with E-state index in [1.165, 1.54) is 13.2 Å². The normalized spacial score (nSPS) is 10.5. The lowest BCUT2D eigenvalue weighted by Gasteiger charge is -2.11. The molecule has 17 heavy (non-hydrogen) atoms. The molecule has 0 heterocycles. The van der Waals surface area contributed by atoms with Crippen LogP contribution in [0.5, 0.6) is 11.5 Å². The maximum atomic E-state index is 10.2. The van der Waals surface area contributed by atoms with Crippen molar-refractivity contribution in [2.24, 2.45) is 0 Å². The fourth-order valence-electron chi connectivity index (χ4n) is 1.29. The van der Waals surface area contributed by atoms with Crippen LogP contribution in [0.25, 0.3) is 6.08 Å². The monoisotopic (exact) mass is 301 g/mol. The summed E-state index contributed by atoms with van der Waals surface area (Å²) in [6.45, 7) is 2.35. The Morgan fingerprint density at radius 2 is 2.24 bits per heavy atom. The molecular weight excluding hydrogens is 290 g/mol. The Bertz CT molecular complexity index is 445. The van der Waals surface area contributed by atoms with E-state index in [1.807, 2.05) is 6.92 Å². The second-order valence-corrected chi connectivity index (χ2v) is 3.92. The zero-order valence-electron chi connectivity index (χ0n) is 9.47. The lowest BCUT2D eigenvalue weighted by atomic mass is 10.2. The van der Waals surface area contributed by atoms with E-state index in [0.717, 1.165) is 6.20 Å². The zero-order valence-corrected chi connectivity index (χ0v) is 11.1. The number of nitro groups is 1. The molecule has 0 saturated carbocycles. The maximum Gasteiger partial charge on any atom is 0.235 e. The summed E-state index contributed by atoms with van der Waals surface area (Å²) in [5.41, 5.74) is 0.665. The topological polar surface area (TPSA) is 61.6 Å². The fraction of sp³-hybridized carbons (Fsp3) is 0.273. The van der Waals surface area contributed by atoms with Crippen molar-refractivity contribution in [3.63, 3.8) is 0 Å². The van der Waals surface area contributed by atoms with Crippen molar-refractivity contribution in [1.82, 2.24) is 0 Å². The van der Waals surface area contributed by atoms with Crippen molar-refractivity contribution >= 4 is 22.0 Å². The van der Waals surface area contributed by atoms with Gasteiger partial charge in [-0.3, -0.25) is 10.1 Å². The summed E-state index contributed by atoms with van der Waals surface area (Å²) in [7, 11) is 1.54. The summed E-state index contributed by atoms with van der Waals surface area (Å²) in [4.78, 5) is 9.73. The molecule has 0 unspecified atom stereocenters. The zero-order chi connectivity index (χ0) is 12.8. The predicted octanol–water partition coefficient (Wildman–Crippen LogP) is 3.10. The Hall–Kier alpha value is -1.56. The van der Waals surface area contributed by atoms with Crippen molar-refractivity contribution in [3.05, 3.63) is 38.5 Å². The average molecular weight is 302 g/mol. The molecule has 0 atom stereocenters. The Morgan fingerprint density at radius 1 is 1.53 bits per heavy atom. The van der Waals surface area contributed by atoms with Gasteiger partial charge in [0.15, 0.2) is 11.5 Å². The van der Waals surface area contributed by atoms with Gasteiger partial charge in [-0.1, -0.05) is 0 Å². The third-order valence-corrected chi connectivity index (χ3v) is 2.51. The highest BCUT2D eigenvalue weighted by Crippen LogP contribution is 2.36. The first-order valence-electron chi connectivity index (χ1n) is 4.90. The molecule has 92 valence electrons. The second-order valence-electron chi connectivity index (χ2n) is 3.07. The quantitative estimate of drug-likeness (QED) is 0.619. The molecule has 0 bridgehead atoms. The van der Waals surface area contributed by atoms with E-state index in [-0.39, 0.29) is 0 Å². The smallest absolute Gasteiger partial charge is 0.235 e. The molecule has 0 radical (unpaired) electrons. The summed E-state index contributed by atoms with van der Waals surface area (Å²) in [5.74, 6) is 1.12. The van der Waals surface area contributed by atoms with Gasteiger partial charge in [-0.15, -0.1) is 0 Å². The summed E-state index contributed by atoms with van der Waals surface area (Å²) in [6, 6.07) is 3.41. The van der Waals surface area contributed by atoms with Gasteiger partial charge in [0.05, 0.1) is 23.1 Å². The maximum absolute atomic E-state index is 10.2. The lowest BCUT2D eigenvalue weighted by Crippen LogP contribution is -1.96. The molecule has 0 spiro atoms. The molecule has 0 N–H and O–H groups in total. The van der Waals surface area contributed by atoms with Gasteiger partial charge in [0.1, 0.15) is 0 Å². The molecule has 1 aromatic carbocycles. The molecular formula is C11H12BrNO4. The van der Waals surface area contributed by atoms with Gasteiger partial charge < -0.3 is 9.47 Å². The molecule has 0 fully saturated rings. The van der Waals surface area contributed by atoms with E-state index < -0.39 is 4.92 Å². The summed E-state index contributed by atoms with van der Waals surface area (Å²) in [5, 5.41) is 10.2. The standard InChI is InChI=1S/C11H12BrNO4/c1-3-17-10-7-8(4-5-13(14)15)6-9(12)11(10)16-2/h4-7H,3H2,1-2H3. The molecule has 0 aromatic heterocycles. The van der Waals surface area contributed by atoms with E-state index in [4.69, 9.17) is 9.47 Å². The fourth-order valence-corrected chi connectivity index (χ4v) is 1.91. The largest absolute Gasteiger partial charge is 0.492 e. The van der Waals surface area contributed by atoms with E-state index in [0.29, 0.717) is 28.1 Å². The predicted molar refractivity (Wildman–Crippen MR) is 67.9 cm³/mol. The summed E-state index contributed by atoms with van der Waals surface area (Å²) >= 11 is 3.33. The third-order valence-electron chi connectivity index (χ3n) is 1.92. The molecule has 0 saturated heterocycles.